The van der Waals surface area contributed by atoms with Crippen molar-refractivity contribution in [3.63, 3.8) is 0 Å². The minimum Gasteiger partial charge on any atom is -0.466 e. The molecule has 1 atom stereocenters. The lowest BCUT2D eigenvalue weighted by Gasteiger charge is -2.18. The molecule has 1 unspecified atom stereocenters. The fraction of sp³-hybridized carbons (Fsp3) is 0.308. The zero-order valence-corrected chi connectivity index (χ0v) is 10.5. The van der Waals surface area contributed by atoms with Crippen LogP contribution in [0.15, 0.2) is 29.2 Å². The molecule has 0 saturated carbocycles. The van der Waals surface area contributed by atoms with Gasteiger partial charge in [0.15, 0.2) is 5.41 Å². The average molecular weight is 258 g/mol. The van der Waals surface area contributed by atoms with Crippen LogP contribution in [0.25, 0.3) is 0 Å². The molecule has 1 aliphatic carbocycles. The highest BCUT2D eigenvalue weighted by Gasteiger charge is 2.46. The SMILES string of the molecule is COC(=O)C1=CC(C#N)(C#N)C(c2cccs2)C1. The topological polar surface area (TPSA) is 73.9 Å². The van der Waals surface area contributed by atoms with Gasteiger partial charge >= 0.3 is 5.97 Å². The van der Waals surface area contributed by atoms with Gasteiger partial charge in [0, 0.05) is 16.4 Å². The van der Waals surface area contributed by atoms with E-state index in [0.29, 0.717) is 12.0 Å². The Morgan fingerprint density at radius 3 is 2.78 bits per heavy atom. The summed E-state index contributed by atoms with van der Waals surface area (Å²) in [6.07, 6.45) is 1.82. The van der Waals surface area contributed by atoms with Crippen molar-refractivity contribution in [1.82, 2.24) is 0 Å². The van der Waals surface area contributed by atoms with Crippen molar-refractivity contribution in [2.45, 2.75) is 12.3 Å². The van der Waals surface area contributed by atoms with Crippen LogP contribution in [0.4, 0.5) is 0 Å². The minimum absolute atomic E-state index is 0.290. The normalized spacial score (nSPS) is 20.6. The van der Waals surface area contributed by atoms with Crippen LogP contribution >= 0.6 is 11.3 Å². The van der Waals surface area contributed by atoms with E-state index in [0.717, 1.165) is 4.88 Å². The van der Waals surface area contributed by atoms with Gasteiger partial charge < -0.3 is 4.74 Å². The van der Waals surface area contributed by atoms with E-state index in [1.807, 2.05) is 29.7 Å². The van der Waals surface area contributed by atoms with Gasteiger partial charge in [0.25, 0.3) is 0 Å². The van der Waals surface area contributed by atoms with E-state index in [-0.39, 0.29) is 5.92 Å². The third kappa shape index (κ3) is 1.79. The number of ether oxygens (including phenoxy) is 1. The van der Waals surface area contributed by atoms with Crippen molar-refractivity contribution in [1.29, 1.82) is 10.5 Å². The van der Waals surface area contributed by atoms with Crippen molar-refractivity contribution in [2.24, 2.45) is 5.41 Å². The highest BCUT2D eigenvalue weighted by molar-refractivity contribution is 7.10. The molecule has 0 amide bonds. The molecule has 0 bridgehead atoms. The van der Waals surface area contributed by atoms with Gasteiger partial charge in [0.2, 0.25) is 0 Å². The maximum atomic E-state index is 11.5. The highest BCUT2D eigenvalue weighted by atomic mass is 32.1. The van der Waals surface area contributed by atoms with E-state index >= 15 is 0 Å². The third-order valence-electron chi connectivity index (χ3n) is 3.08. The Balaban J connectivity index is 2.44. The Morgan fingerprint density at radius 2 is 2.28 bits per heavy atom. The van der Waals surface area contributed by atoms with E-state index in [1.165, 1.54) is 24.5 Å². The molecule has 1 heterocycles. The number of rotatable bonds is 2. The number of carbonyl (C=O) groups excluding carboxylic acids is 1. The summed E-state index contributed by atoms with van der Waals surface area (Å²) in [4.78, 5) is 12.5. The Bertz CT molecular complexity index is 561. The first-order valence-electron chi connectivity index (χ1n) is 5.33. The third-order valence-corrected chi connectivity index (χ3v) is 4.07. The average Bonchev–Trinajstić information content (AvgIpc) is 3.04. The number of methoxy groups -OCH3 is 1. The Kier molecular flexibility index (Phi) is 3.18. The molecular weight excluding hydrogens is 248 g/mol. The molecule has 1 aromatic heterocycles. The van der Waals surface area contributed by atoms with Crippen molar-refractivity contribution < 1.29 is 9.53 Å². The van der Waals surface area contributed by atoms with Crippen LogP contribution in [0.2, 0.25) is 0 Å². The van der Waals surface area contributed by atoms with Crippen LogP contribution in [0.1, 0.15) is 17.2 Å². The first-order valence-corrected chi connectivity index (χ1v) is 6.21. The molecule has 0 fully saturated rings. The number of esters is 1. The summed E-state index contributed by atoms with van der Waals surface area (Å²) in [5.74, 6) is -0.759. The summed E-state index contributed by atoms with van der Waals surface area (Å²) in [5.41, 5.74) is -0.868. The van der Waals surface area contributed by atoms with Crippen LogP contribution < -0.4 is 0 Å². The highest BCUT2D eigenvalue weighted by Crippen LogP contribution is 2.48. The summed E-state index contributed by atoms with van der Waals surface area (Å²) < 4.78 is 4.66. The number of carbonyl (C=O) groups is 1. The molecule has 0 radical (unpaired) electrons. The quantitative estimate of drug-likeness (QED) is 0.763. The molecule has 0 aromatic carbocycles. The van der Waals surface area contributed by atoms with E-state index < -0.39 is 11.4 Å². The second-order valence-electron chi connectivity index (χ2n) is 4.03. The van der Waals surface area contributed by atoms with E-state index in [1.54, 1.807) is 0 Å². The number of nitrogens with zero attached hydrogens (tertiary/aromatic N) is 2. The maximum Gasteiger partial charge on any atom is 0.333 e. The van der Waals surface area contributed by atoms with E-state index in [2.05, 4.69) is 4.74 Å². The van der Waals surface area contributed by atoms with Crippen LogP contribution in [-0.4, -0.2) is 13.1 Å². The van der Waals surface area contributed by atoms with Crippen LogP contribution in [0.5, 0.6) is 0 Å². The molecule has 0 N–H and O–H groups in total. The molecular formula is C13H10N2O2S. The van der Waals surface area contributed by atoms with Crippen molar-refractivity contribution in [2.75, 3.05) is 7.11 Å². The minimum atomic E-state index is -1.27. The summed E-state index contributed by atoms with van der Waals surface area (Å²) in [6.45, 7) is 0. The number of hydrogen-bond acceptors (Lipinski definition) is 5. The standard InChI is InChI=1S/C13H10N2O2S/c1-17-12(16)9-5-10(11-3-2-4-18-11)13(6-9,7-14)8-15/h2-4,6,10H,5H2,1H3. The van der Waals surface area contributed by atoms with Gasteiger partial charge in [-0.2, -0.15) is 10.5 Å². The summed E-state index contributed by atoms with van der Waals surface area (Å²) in [6, 6.07) is 7.82. The van der Waals surface area contributed by atoms with Crippen molar-refractivity contribution in [3.8, 4) is 12.1 Å². The molecule has 0 saturated heterocycles. The van der Waals surface area contributed by atoms with Crippen LogP contribution in [0.3, 0.4) is 0 Å². The van der Waals surface area contributed by atoms with Crippen LogP contribution in [0, 0.1) is 28.1 Å². The predicted octanol–water partition coefficient (Wildman–Crippen LogP) is 2.37. The Labute approximate surface area is 109 Å². The number of hydrogen-bond donors (Lipinski definition) is 0. The van der Waals surface area contributed by atoms with Crippen molar-refractivity contribution in [3.05, 3.63) is 34.0 Å². The van der Waals surface area contributed by atoms with Gasteiger partial charge in [-0.3, -0.25) is 0 Å². The van der Waals surface area contributed by atoms with Crippen molar-refractivity contribution >= 4 is 17.3 Å². The van der Waals surface area contributed by atoms with Gasteiger partial charge in [0.05, 0.1) is 19.2 Å². The molecule has 1 aromatic rings. The number of allylic oxidation sites excluding steroid dienone is 1. The lowest BCUT2D eigenvalue weighted by molar-refractivity contribution is -0.136. The summed E-state index contributed by atoms with van der Waals surface area (Å²) in [5, 5.41) is 20.5. The first kappa shape index (κ1) is 12.3. The fourth-order valence-corrected chi connectivity index (χ4v) is 3.05. The molecule has 2 rings (SSSR count). The molecule has 5 heteroatoms. The largest absolute Gasteiger partial charge is 0.466 e. The monoisotopic (exact) mass is 258 g/mol. The molecule has 1 aliphatic rings. The second kappa shape index (κ2) is 4.64. The molecule has 0 spiro atoms. The molecule has 18 heavy (non-hydrogen) atoms. The molecule has 90 valence electrons. The zero-order chi connectivity index (χ0) is 13.2. The van der Waals surface area contributed by atoms with Gasteiger partial charge in [-0.15, -0.1) is 11.3 Å². The summed E-state index contributed by atoms with van der Waals surface area (Å²) >= 11 is 1.49. The molecule has 4 nitrogen and oxygen atoms in total. The first-order chi connectivity index (χ1) is 8.66. The number of nitriles is 2. The maximum absolute atomic E-state index is 11.5. The van der Waals surface area contributed by atoms with E-state index in [9.17, 15) is 15.3 Å². The predicted molar refractivity (Wildman–Crippen MR) is 65.4 cm³/mol. The van der Waals surface area contributed by atoms with E-state index in [4.69, 9.17) is 0 Å². The fourth-order valence-electron chi connectivity index (χ4n) is 2.15. The lowest BCUT2D eigenvalue weighted by atomic mass is 9.80. The lowest BCUT2D eigenvalue weighted by Crippen LogP contribution is -2.18. The Morgan fingerprint density at radius 1 is 1.56 bits per heavy atom. The van der Waals surface area contributed by atoms with Gasteiger partial charge in [-0.05, 0) is 23.9 Å². The van der Waals surface area contributed by atoms with Gasteiger partial charge in [0.1, 0.15) is 0 Å². The second-order valence-corrected chi connectivity index (χ2v) is 5.01. The molecule has 0 aliphatic heterocycles. The smallest absolute Gasteiger partial charge is 0.333 e. The Hall–Kier alpha value is -2.11. The van der Waals surface area contributed by atoms with Gasteiger partial charge in [-0.25, -0.2) is 4.79 Å². The summed E-state index contributed by atoms with van der Waals surface area (Å²) in [7, 11) is 1.29. The zero-order valence-electron chi connectivity index (χ0n) is 9.71. The van der Waals surface area contributed by atoms with Gasteiger partial charge in [-0.1, -0.05) is 6.07 Å². The van der Waals surface area contributed by atoms with Crippen LogP contribution in [-0.2, 0) is 9.53 Å². The number of thiophene rings is 1.